The Labute approximate surface area is 135 Å². The van der Waals surface area contributed by atoms with Crippen LogP contribution in [0.4, 0.5) is 5.69 Å². The number of hydrogen-bond acceptors (Lipinski definition) is 4. The van der Waals surface area contributed by atoms with E-state index >= 15 is 0 Å². The van der Waals surface area contributed by atoms with Gasteiger partial charge in [0.2, 0.25) is 0 Å². The molecule has 2 aromatic carbocycles. The van der Waals surface area contributed by atoms with Crippen molar-refractivity contribution in [2.45, 2.75) is 11.8 Å². The zero-order valence-corrected chi connectivity index (χ0v) is 13.9. The summed E-state index contributed by atoms with van der Waals surface area (Å²) in [5.41, 5.74) is 1.95. The molecule has 0 heterocycles. The van der Waals surface area contributed by atoms with Gasteiger partial charge in [-0.05, 0) is 42.8 Å². The van der Waals surface area contributed by atoms with Crippen LogP contribution in [0.3, 0.4) is 0 Å². The maximum Gasteiger partial charge on any atom is 0.264 e. The fourth-order valence-electron chi connectivity index (χ4n) is 1.98. The van der Waals surface area contributed by atoms with E-state index in [-0.39, 0.29) is 10.8 Å². The van der Waals surface area contributed by atoms with Gasteiger partial charge in [0.25, 0.3) is 15.9 Å². The van der Waals surface area contributed by atoms with Gasteiger partial charge in [0, 0.05) is 18.3 Å². The lowest BCUT2D eigenvalue weighted by atomic mass is 10.1. The molecule has 0 bridgehead atoms. The van der Waals surface area contributed by atoms with Gasteiger partial charge in [-0.3, -0.25) is 9.63 Å². The van der Waals surface area contributed by atoms with Crippen LogP contribution in [0.1, 0.15) is 15.9 Å². The van der Waals surface area contributed by atoms with E-state index in [1.807, 2.05) is 19.1 Å². The predicted molar refractivity (Wildman–Crippen MR) is 87.5 cm³/mol. The number of rotatable bonds is 5. The minimum absolute atomic E-state index is 0.0794. The highest BCUT2D eigenvalue weighted by Gasteiger charge is 2.20. The summed E-state index contributed by atoms with van der Waals surface area (Å²) in [5, 5.41) is 2.74. The molecule has 2 rings (SSSR count). The summed E-state index contributed by atoms with van der Waals surface area (Å²) < 4.78 is 24.9. The minimum Gasteiger partial charge on any atom is -0.322 e. The molecule has 0 aromatic heterocycles. The van der Waals surface area contributed by atoms with Crippen LogP contribution in [0, 0.1) is 6.92 Å². The van der Waals surface area contributed by atoms with Crippen molar-refractivity contribution >= 4 is 21.6 Å². The van der Waals surface area contributed by atoms with Crippen molar-refractivity contribution in [3.8, 4) is 0 Å². The highest BCUT2D eigenvalue weighted by atomic mass is 32.2. The number of hydroxylamine groups is 1. The van der Waals surface area contributed by atoms with Gasteiger partial charge in [0.15, 0.2) is 0 Å². The van der Waals surface area contributed by atoms with Crippen LogP contribution in [-0.2, 0) is 14.9 Å². The minimum atomic E-state index is -3.69. The van der Waals surface area contributed by atoms with E-state index in [0.29, 0.717) is 11.3 Å². The molecule has 0 saturated carbocycles. The Bertz CT molecular complexity index is 801. The van der Waals surface area contributed by atoms with Crippen LogP contribution >= 0.6 is 0 Å². The highest BCUT2D eigenvalue weighted by molar-refractivity contribution is 7.89. The molecule has 0 atom stereocenters. The third kappa shape index (κ3) is 3.76. The average molecular weight is 334 g/mol. The number of carbonyl (C=O) groups is 1. The molecule has 122 valence electrons. The van der Waals surface area contributed by atoms with Crippen LogP contribution in [0.2, 0.25) is 0 Å². The molecule has 2 aromatic rings. The monoisotopic (exact) mass is 334 g/mol. The van der Waals surface area contributed by atoms with Crippen molar-refractivity contribution in [2.75, 3.05) is 19.5 Å². The van der Waals surface area contributed by atoms with Crippen LogP contribution in [0.15, 0.2) is 53.4 Å². The maximum atomic E-state index is 12.2. The van der Waals surface area contributed by atoms with Gasteiger partial charge >= 0.3 is 0 Å². The first kappa shape index (κ1) is 17.1. The number of sulfonamides is 1. The average Bonchev–Trinajstić information content (AvgIpc) is 2.54. The Hall–Kier alpha value is -2.22. The van der Waals surface area contributed by atoms with E-state index in [4.69, 9.17) is 4.84 Å². The summed E-state index contributed by atoms with van der Waals surface area (Å²) in [6.45, 7) is 1.85. The van der Waals surface area contributed by atoms with E-state index in [0.717, 1.165) is 10.0 Å². The standard InChI is InChI=1S/C16H18N2O4S/c1-12-6-4-5-7-15(12)16(19)17-13-8-10-14(11-9-13)23(20,21)18(2)22-3/h4-11H,1-3H3,(H,17,19). The molecule has 0 aliphatic heterocycles. The number of amides is 1. The number of anilines is 1. The molecule has 1 amide bonds. The van der Waals surface area contributed by atoms with Crippen LogP contribution in [0.25, 0.3) is 0 Å². The smallest absolute Gasteiger partial charge is 0.264 e. The zero-order chi connectivity index (χ0) is 17.0. The largest absolute Gasteiger partial charge is 0.322 e. The fraction of sp³-hybridized carbons (Fsp3) is 0.188. The molecule has 23 heavy (non-hydrogen) atoms. The third-order valence-electron chi connectivity index (χ3n) is 3.40. The van der Waals surface area contributed by atoms with Crippen LogP contribution in [0.5, 0.6) is 0 Å². The summed E-state index contributed by atoms with van der Waals surface area (Å²) in [5.74, 6) is -0.243. The van der Waals surface area contributed by atoms with E-state index in [9.17, 15) is 13.2 Å². The number of nitrogens with one attached hydrogen (secondary N) is 1. The predicted octanol–water partition coefficient (Wildman–Crippen LogP) is 2.43. The highest BCUT2D eigenvalue weighted by Crippen LogP contribution is 2.18. The molecule has 0 aliphatic rings. The van der Waals surface area contributed by atoms with Gasteiger partial charge < -0.3 is 5.32 Å². The van der Waals surface area contributed by atoms with Crippen molar-refractivity contribution in [1.29, 1.82) is 0 Å². The van der Waals surface area contributed by atoms with Crippen LogP contribution in [-0.4, -0.2) is 33.0 Å². The van der Waals surface area contributed by atoms with E-state index < -0.39 is 10.0 Å². The molecule has 6 nitrogen and oxygen atoms in total. The second-order valence-electron chi connectivity index (χ2n) is 4.89. The first-order valence-electron chi connectivity index (χ1n) is 6.86. The Morgan fingerprint density at radius 1 is 1.09 bits per heavy atom. The maximum absolute atomic E-state index is 12.2. The number of nitrogens with zero attached hydrogens (tertiary/aromatic N) is 1. The Morgan fingerprint density at radius 2 is 1.70 bits per heavy atom. The first-order chi connectivity index (χ1) is 10.9. The normalized spacial score (nSPS) is 11.5. The summed E-state index contributed by atoms with van der Waals surface area (Å²) in [6.07, 6.45) is 0. The molecular weight excluding hydrogens is 316 g/mol. The number of hydrogen-bond donors (Lipinski definition) is 1. The molecule has 7 heteroatoms. The van der Waals surface area contributed by atoms with Gasteiger partial charge in [-0.2, -0.15) is 0 Å². The Morgan fingerprint density at radius 3 is 2.26 bits per heavy atom. The summed E-state index contributed by atoms with van der Waals surface area (Å²) in [7, 11) is -1.11. The molecule has 0 aliphatic carbocycles. The topological polar surface area (TPSA) is 75.7 Å². The molecule has 1 N–H and O–H groups in total. The summed E-state index contributed by atoms with van der Waals surface area (Å²) in [4.78, 5) is 17.0. The van der Waals surface area contributed by atoms with Crippen molar-refractivity contribution < 1.29 is 18.0 Å². The Balaban J connectivity index is 2.18. The molecule has 0 radical (unpaired) electrons. The van der Waals surface area contributed by atoms with E-state index in [2.05, 4.69) is 5.32 Å². The summed E-state index contributed by atoms with van der Waals surface area (Å²) in [6, 6.07) is 13.1. The van der Waals surface area contributed by atoms with Crippen LogP contribution < -0.4 is 5.32 Å². The lowest BCUT2D eigenvalue weighted by Crippen LogP contribution is -2.25. The number of aryl methyl sites for hydroxylation is 1. The van der Waals surface area contributed by atoms with Crippen molar-refractivity contribution in [1.82, 2.24) is 4.47 Å². The van der Waals surface area contributed by atoms with Gasteiger partial charge in [0.1, 0.15) is 0 Å². The zero-order valence-electron chi connectivity index (χ0n) is 13.1. The lowest BCUT2D eigenvalue weighted by molar-refractivity contribution is -0.0258. The summed E-state index contributed by atoms with van der Waals surface area (Å²) >= 11 is 0. The lowest BCUT2D eigenvalue weighted by Gasteiger charge is -2.14. The Kier molecular flexibility index (Phi) is 5.15. The second-order valence-corrected chi connectivity index (χ2v) is 6.83. The van der Waals surface area contributed by atoms with E-state index in [1.165, 1.54) is 38.4 Å². The van der Waals surface area contributed by atoms with Crippen molar-refractivity contribution in [3.63, 3.8) is 0 Å². The molecule has 0 spiro atoms. The second kappa shape index (κ2) is 6.91. The van der Waals surface area contributed by atoms with Gasteiger partial charge in [-0.15, -0.1) is 0 Å². The SMILES string of the molecule is CON(C)S(=O)(=O)c1ccc(NC(=O)c2ccccc2C)cc1. The molecule has 0 fully saturated rings. The van der Waals surface area contributed by atoms with Crippen molar-refractivity contribution in [3.05, 3.63) is 59.7 Å². The fourth-order valence-corrected chi connectivity index (χ4v) is 2.96. The number of benzene rings is 2. The van der Waals surface area contributed by atoms with Gasteiger partial charge in [-0.25, -0.2) is 8.42 Å². The molecule has 0 saturated heterocycles. The quantitative estimate of drug-likeness (QED) is 0.852. The third-order valence-corrected chi connectivity index (χ3v) is 5.09. The van der Waals surface area contributed by atoms with Gasteiger partial charge in [-0.1, -0.05) is 22.7 Å². The van der Waals surface area contributed by atoms with Crippen molar-refractivity contribution in [2.24, 2.45) is 0 Å². The van der Waals surface area contributed by atoms with Gasteiger partial charge in [0.05, 0.1) is 12.0 Å². The first-order valence-corrected chi connectivity index (χ1v) is 8.30. The number of carbonyl (C=O) groups excluding carboxylic acids is 1. The van der Waals surface area contributed by atoms with E-state index in [1.54, 1.807) is 12.1 Å². The molecular formula is C16H18N2O4S. The molecule has 0 unspecified atom stereocenters.